The molecular formula is C18H18ClFN2O3. The SMILES string of the molecule is COc1ccc([C@H](CC(=O)Nc2ccc(F)c(Cl)c2)NC(C)=O)cc1. The Kier molecular flexibility index (Phi) is 6.36. The van der Waals surface area contributed by atoms with Crippen LogP contribution < -0.4 is 15.4 Å². The summed E-state index contributed by atoms with van der Waals surface area (Å²) in [6.07, 6.45) is 0.0148. The third-order valence-corrected chi connectivity index (χ3v) is 3.78. The maximum absolute atomic E-state index is 13.2. The van der Waals surface area contributed by atoms with Gasteiger partial charge in [-0.25, -0.2) is 4.39 Å². The van der Waals surface area contributed by atoms with Gasteiger partial charge >= 0.3 is 0 Å². The van der Waals surface area contributed by atoms with E-state index >= 15 is 0 Å². The predicted molar refractivity (Wildman–Crippen MR) is 94.2 cm³/mol. The summed E-state index contributed by atoms with van der Waals surface area (Å²) in [7, 11) is 1.56. The van der Waals surface area contributed by atoms with Gasteiger partial charge in [0.2, 0.25) is 11.8 Å². The van der Waals surface area contributed by atoms with Crippen LogP contribution >= 0.6 is 11.6 Å². The van der Waals surface area contributed by atoms with Crippen molar-refractivity contribution in [3.63, 3.8) is 0 Å². The topological polar surface area (TPSA) is 67.4 Å². The van der Waals surface area contributed by atoms with Crippen molar-refractivity contribution in [2.45, 2.75) is 19.4 Å². The van der Waals surface area contributed by atoms with Crippen LogP contribution in [0.3, 0.4) is 0 Å². The fourth-order valence-corrected chi connectivity index (χ4v) is 2.49. The van der Waals surface area contributed by atoms with E-state index in [4.69, 9.17) is 16.3 Å². The van der Waals surface area contributed by atoms with Gasteiger partial charge in [-0.1, -0.05) is 23.7 Å². The number of carbonyl (C=O) groups excluding carboxylic acids is 2. The number of hydrogen-bond acceptors (Lipinski definition) is 3. The number of rotatable bonds is 6. The standard InChI is InChI=1S/C18H18ClFN2O3/c1-11(23)21-17(12-3-6-14(25-2)7-4-12)10-18(24)22-13-5-8-16(20)15(19)9-13/h3-9,17H,10H2,1-2H3,(H,21,23)(H,22,24)/t17-/m0/s1. The molecule has 0 saturated carbocycles. The number of hydrogen-bond donors (Lipinski definition) is 2. The average molecular weight is 365 g/mol. The van der Waals surface area contributed by atoms with E-state index in [1.807, 2.05) is 0 Å². The van der Waals surface area contributed by atoms with Crippen LogP contribution in [0.5, 0.6) is 5.75 Å². The quantitative estimate of drug-likeness (QED) is 0.821. The van der Waals surface area contributed by atoms with E-state index in [9.17, 15) is 14.0 Å². The summed E-state index contributed by atoms with van der Waals surface area (Å²) < 4.78 is 18.3. The molecule has 2 amide bonds. The number of methoxy groups -OCH3 is 1. The first kappa shape index (κ1) is 18.7. The van der Waals surface area contributed by atoms with Crippen LogP contribution in [0.1, 0.15) is 24.9 Å². The Morgan fingerprint density at radius 3 is 2.44 bits per heavy atom. The van der Waals surface area contributed by atoms with Crippen LogP contribution in [0.15, 0.2) is 42.5 Å². The highest BCUT2D eigenvalue weighted by Crippen LogP contribution is 2.23. The molecule has 0 bridgehead atoms. The molecule has 0 heterocycles. The van der Waals surface area contributed by atoms with Crippen molar-refractivity contribution < 1.29 is 18.7 Å². The van der Waals surface area contributed by atoms with E-state index in [-0.39, 0.29) is 23.3 Å². The molecule has 0 aliphatic carbocycles. The fraction of sp³-hybridized carbons (Fsp3) is 0.222. The van der Waals surface area contributed by atoms with Gasteiger partial charge in [0.25, 0.3) is 0 Å². The van der Waals surface area contributed by atoms with Crippen molar-refractivity contribution in [1.29, 1.82) is 0 Å². The summed E-state index contributed by atoms with van der Waals surface area (Å²) in [6, 6.07) is 10.5. The van der Waals surface area contributed by atoms with Crippen molar-refractivity contribution in [3.8, 4) is 5.75 Å². The summed E-state index contributed by atoms with van der Waals surface area (Å²) in [4.78, 5) is 23.7. The van der Waals surface area contributed by atoms with Crippen molar-refractivity contribution in [2.75, 3.05) is 12.4 Å². The Morgan fingerprint density at radius 2 is 1.88 bits per heavy atom. The minimum Gasteiger partial charge on any atom is -0.497 e. The van der Waals surface area contributed by atoms with Crippen LogP contribution in [-0.4, -0.2) is 18.9 Å². The Labute approximate surface area is 150 Å². The number of carbonyl (C=O) groups is 2. The zero-order valence-electron chi connectivity index (χ0n) is 13.8. The summed E-state index contributed by atoms with van der Waals surface area (Å²) in [5.41, 5.74) is 1.15. The smallest absolute Gasteiger partial charge is 0.226 e. The van der Waals surface area contributed by atoms with Crippen molar-refractivity contribution in [1.82, 2.24) is 5.32 Å². The zero-order valence-corrected chi connectivity index (χ0v) is 14.6. The first-order valence-corrected chi connectivity index (χ1v) is 7.93. The van der Waals surface area contributed by atoms with Crippen LogP contribution in [-0.2, 0) is 9.59 Å². The van der Waals surface area contributed by atoms with Gasteiger partial charge < -0.3 is 15.4 Å². The molecule has 2 aromatic rings. The highest BCUT2D eigenvalue weighted by molar-refractivity contribution is 6.31. The third-order valence-electron chi connectivity index (χ3n) is 3.49. The summed E-state index contributed by atoms with van der Waals surface area (Å²) in [6.45, 7) is 1.38. The van der Waals surface area contributed by atoms with Gasteiger partial charge in [0.1, 0.15) is 11.6 Å². The van der Waals surface area contributed by atoms with Gasteiger partial charge in [0.15, 0.2) is 0 Å². The van der Waals surface area contributed by atoms with Gasteiger partial charge in [-0.15, -0.1) is 0 Å². The zero-order chi connectivity index (χ0) is 18.4. The summed E-state index contributed by atoms with van der Waals surface area (Å²) >= 11 is 5.70. The maximum Gasteiger partial charge on any atom is 0.226 e. The molecule has 0 unspecified atom stereocenters. The van der Waals surface area contributed by atoms with Crippen LogP contribution in [0.2, 0.25) is 5.02 Å². The second kappa shape index (κ2) is 8.48. The minimum atomic E-state index is -0.561. The second-order valence-corrected chi connectivity index (χ2v) is 5.81. The summed E-state index contributed by atoms with van der Waals surface area (Å²) in [5.74, 6) is -0.472. The van der Waals surface area contributed by atoms with E-state index in [0.717, 1.165) is 5.56 Å². The molecule has 0 spiro atoms. The van der Waals surface area contributed by atoms with Gasteiger partial charge in [-0.3, -0.25) is 9.59 Å². The number of benzene rings is 2. The molecule has 0 saturated heterocycles. The van der Waals surface area contributed by atoms with E-state index < -0.39 is 11.9 Å². The Hall–Kier alpha value is -2.60. The minimum absolute atomic E-state index is 0.0148. The van der Waals surface area contributed by atoms with Gasteiger partial charge in [0, 0.05) is 12.6 Å². The molecule has 5 nitrogen and oxygen atoms in total. The molecular weight excluding hydrogens is 347 g/mol. The first-order valence-electron chi connectivity index (χ1n) is 7.55. The van der Waals surface area contributed by atoms with E-state index in [0.29, 0.717) is 11.4 Å². The third kappa shape index (κ3) is 5.46. The van der Waals surface area contributed by atoms with E-state index in [1.54, 1.807) is 31.4 Å². The fourth-order valence-electron chi connectivity index (χ4n) is 2.31. The van der Waals surface area contributed by atoms with Crippen molar-refractivity contribution in [3.05, 3.63) is 58.9 Å². The molecule has 0 radical (unpaired) electrons. The predicted octanol–water partition coefficient (Wildman–Crippen LogP) is 3.69. The Balaban J connectivity index is 2.10. The Morgan fingerprint density at radius 1 is 1.20 bits per heavy atom. The number of nitrogens with one attached hydrogen (secondary N) is 2. The van der Waals surface area contributed by atoms with Gasteiger partial charge in [-0.05, 0) is 35.9 Å². The molecule has 0 aromatic heterocycles. The lowest BCUT2D eigenvalue weighted by molar-refractivity contribution is -0.120. The molecule has 2 N–H and O–H groups in total. The normalized spacial score (nSPS) is 11.5. The number of halogens is 2. The Bertz CT molecular complexity index is 765. The molecule has 132 valence electrons. The maximum atomic E-state index is 13.2. The van der Waals surface area contributed by atoms with Crippen LogP contribution in [0.4, 0.5) is 10.1 Å². The molecule has 25 heavy (non-hydrogen) atoms. The first-order chi connectivity index (χ1) is 11.9. The lowest BCUT2D eigenvalue weighted by Crippen LogP contribution is -2.29. The largest absolute Gasteiger partial charge is 0.497 e. The van der Waals surface area contributed by atoms with Crippen molar-refractivity contribution >= 4 is 29.1 Å². The van der Waals surface area contributed by atoms with Gasteiger partial charge in [0.05, 0.1) is 24.6 Å². The summed E-state index contributed by atoms with van der Waals surface area (Å²) in [5, 5.41) is 5.31. The monoisotopic (exact) mass is 364 g/mol. The molecule has 0 fully saturated rings. The van der Waals surface area contributed by atoms with Gasteiger partial charge in [-0.2, -0.15) is 0 Å². The second-order valence-electron chi connectivity index (χ2n) is 5.41. The molecule has 7 heteroatoms. The van der Waals surface area contributed by atoms with Crippen LogP contribution in [0, 0.1) is 5.82 Å². The lowest BCUT2D eigenvalue weighted by atomic mass is 10.0. The molecule has 0 aliphatic heterocycles. The number of amides is 2. The molecule has 2 rings (SSSR count). The molecule has 1 atom stereocenters. The van der Waals surface area contributed by atoms with Crippen LogP contribution in [0.25, 0.3) is 0 Å². The highest BCUT2D eigenvalue weighted by atomic mass is 35.5. The lowest BCUT2D eigenvalue weighted by Gasteiger charge is -2.18. The number of anilines is 1. The average Bonchev–Trinajstić information content (AvgIpc) is 2.57. The number of ether oxygens (including phenoxy) is 1. The molecule has 0 aliphatic rings. The van der Waals surface area contributed by atoms with Crippen molar-refractivity contribution in [2.24, 2.45) is 0 Å². The molecule has 2 aromatic carbocycles. The highest BCUT2D eigenvalue weighted by Gasteiger charge is 2.17. The van der Waals surface area contributed by atoms with E-state index in [2.05, 4.69) is 10.6 Å². The van der Waals surface area contributed by atoms with E-state index in [1.165, 1.54) is 25.1 Å².